The normalized spacial score (nSPS) is 14.0. The summed E-state index contributed by atoms with van der Waals surface area (Å²) in [4.78, 5) is 23.9. The number of nitrogens with two attached hydrogens (primary N) is 1. The van der Waals surface area contributed by atoms with Crippen molar-refractivity contribution >= 4 is 17.3 Å². The van der Waals surface area contributed by atoms with Crippen LogP contribution in [0.3, 0.4) is 0 Å². The second-order valence-electron chi connectivity index (χ2n) is 5.24. The van der Waals surface area contributed by atoms with Crippen molar-refractivity contribution in [2.75, 3.05) is 32.5 Å². The van der Waals surface area contributed by atoms with E-state index in [-0.39, 0.29) is 22.8 Å². The van der Waals surface area contributed by atoms with Crippen LogP contribution >= 0.6 is 0 Å². The lowest BCUT2D eigenvalue weighted by atomic mass is 10.1. The Labute approximate surface area is 122 Å². The van der Waals surface area contributed by atoms with Crippen LogP contribution < -0.4 is 5.73 Å². The summed E-state index contributed by atoms with van der Waals surface area (Å²) in [6, 6.07) is 4.23. The molecule has 7 heteroatoms. The Morgan fingerprint density at radius 1 is 1.52 bits per heavy atom. The number of carbonyl (C=O) groups excluding carboxylic acids is 1. The van der Waals surface area contributed by atoms with Gasteiger partial charge >= 0.3 is 0 Å². The van der Waals surface area contributed by atoms with Gasteiger partial charge in [0, 0.05) is 26.3 Å². The zero-order chi connectivity index (χ0) is 15.4. The molecular formula is C14H19N3O4. The molecule has 0 saturated heterocycles. The summed E-state index contributed by atoms with van der Waals surface area (Å²) in [5.74, 6) is 0.338. The standard InChI is InChI=1S/C14H19N3O4/c1-16(7-8-21-9-10-5-6-10)14(18)11-3-2-4-12(13(11)15)17(19)20/h2-4,10H,5-9,15H2,1H3. The monoisotopic (exact) mass is 293 g/mol. The van der Waals surface area contributed by atoms with E-state index in [1.54, 1.807) is 7.05 Å². The number of carbonyl (C=O) groups is 1. The molecule has 0 aliphatic heterocycles. The minimum absolute atomic E-state index is 0.0988. The molecule has 0 radical (unpaired) electrons. The molecule has 1 saturated carbocycles. The number of nitrogen functional groups attached to an aromatic ring is 1. The summed E-state index contributed by atoms with van der Waals surface area (Å²) in [5, 5.41) is 10.8. The van der Waals surface area contributed by atoms with Gasteiger partial charge in [0.25, 0.3) is 11.6 Å². The number of nitro groups is 1. The van der Waals surface area contributed by atoms with Crippen molar-refractivity contribution in [1.29, 1.82) is 0 Å². The van der Waals surface area contributed by atoms with E-state index in [0.29, 0.717) is 19.1 Å². The molecule has 1 aromatic carbocycles. The fraction of sp³-hybridized carbons (Fsp3) is 0.500. The number of likely N-dealkylation sites (N-methyl/N-ethyl adjacent to an activating group) is 1. The average Bonchev–Trinajstić information content (AvgIpc) is 3.26. The molecule has 0 aromatic heterocycles. The number of ether oxygens (including phenoxy) is 1. The van der Waals surface area contributed by atoms with Crippen molar-refractivity contribution in [3.8, 4) is 0 Å². The Kier molecular flexibility index (Phi) is 4.74. The van der Waals surface area contributed by atoms with Gasteiger partial charge in [-0.3, -0.25) is 14.9 Å². The molecule has 0 unspecified atom stereocenters. The molecule has 2 rings (SSSR count). The first-order chi connectivity index (χ1) is 10.0. The van der Waals surface area contributed by atoms with E-state index >= 15 is 0 Å². The molecule has 1 aromatic rings. The largest absolute Gasteiger partial charge is 0.393 e. The maximum Gasteiger partial charge on any atom is 0.292 e. The van der Waals surface area contributed by atoms with E-state index in [1.165, 1.54) is 35.9 Å². The van der Waals surface area contributed by atoms with Crippen LogP contribution in [0.25, 0.3) is 0 Å². The van der Waals surface area contributed by atoms with Crippen molar-refractivity contribution in [2.24, 2.45) is 5.92 Å². The van der Waals surface area contributed by atoms with Crippen molar-refractivity contribution in [1.82, 2.24) is 4.90 Å². The lowest BCUT2D eigenvalue weighted by Crippen LogP contribution is -2.31. The van der Waals surface area contributed by atoms with E-state index < -0.39 is 4.92 Å². The maximum atomic E-state index is 12.2. The first-order valence-electron chi connectivity index (χ1n) is 6.86. The van der Waals surface area contributed by atoms with Crippen molar-refractivity contribution < 1.29 is 14.5 Å². The molecule has 1 aliphatic carbocycles. The van der Waals surface area contributed by atoms with Gasteiger partial charge in [0.05, 0.1) is 17.1 Å². The molecular weight excluding hydrogens is 274 g/mol. The highest BCUT2D eigenvalue weighted by atomic mass is 16.6. The van der Waals surface area contributed by atoms with Crippen molar-refractivity contribution in [2.45, 2.75) is 12.8 Å². The fourth-order valence-electron chi connectivity index (χ4n) is 1.94. The highest BCUT2D eigenvalue weighted by Crippen LogP contribution is 2.28. The molecule has 0 atom stereocenters. The number of rotatable bonds is 7. The Morgan fingerprint density at radius 3 is 2.86 bits per heavy atom. The van der Waals surface area contributed by atoms with Gasteiger partial charge in [0.1, 0.15) is 5.69 Å². The third kappa shape index (κ3) is 3.91. The topological polar surface area (TPSA) is 98.7 Å². The SMILES string of the molecule is CN(CCOCC1CC1)C(=O)c1cccc([N+](=O)[O-])c1N. The average molecular weight is 293 g/mol. The zero-order valence-electron chi connectivity index (χ0n) is 11.9. The summed E-state index contributed by atoms with van der Waals surface area (Å²) in [6.07, 6.45) is 2.44. The fourth-order valence-corrected chi connectivity index (χ4v) is 1.94. The number of nitrogens with zero attached hydrogens (tertiary/aromatic N) is 2. The summed E-state index contributed by atoms with van der Waals surface area (Å²) in [7, 11) is 1.63. The maximum absolute atomic E-state index is 12.2. The molecule has 0 spiro atoms. The predicted octanol–water partition coefficient (Wildman–Crippen LogP) is 1.68. The van der Waals surface area contributed by atoms with Crippen LogP contribution in [-0.2, 0) is 4.74 Å². The van der Waals surface area contributed by atoms with Crippen LogP contribution in [0, 0.1) is 16.0 Å². The number of nitro benzene ring substituents is 1. The summed E-state index contributed by atoms with van der Waals surface area (Å²) < 4.78 is 5.47. The highest BCUT2D eigenvalue weighted by molar-refractivity contribution is 6.00. The number of anilines is 1. The van der Waals surface area contributed by atoms with Crippen LogP contribution in [0.2, 0.25) is 0 Å². The Balaban J connectivity index is 1.94. The van der Waals surface area contributed by atoms with Crippen LogP contribution in [0.1, 0.15) is 23.2 Å². The van der Waals surface area contributed by atoms with Gasteiger partial charge in [-0.1, -0.05) is 6.07 Å². The van der Waals surface area contributed by atoms with Gasteiger partial charge in [0.15, 0.2) is 0 Å². The molecule has 0 bridgehead atoms. The van der Waals surface area contributed by atoms with Gasteiger partial charge < -0.3 is 15.4 Å². The van der Waals surface area contributed by atoms with Crippen molar-refractivity contribution in [3.63, 3.8) is 0 Å². The van der Waals surface area contributed by atoms with Gasteiger partial charge in [-0.15, -0.1) is 0 Å². The van der Waals surface area contributed by atoms with Gasteiger partial charge in [-0.25, -0.2) is 0 Å². The molecule has 21 heavy (non-hydrogen) atoms. The van der Waals surface area contributed by atoms with Gasteiger partial charge in [0.2, 0.25) is 0 Å². The molecule has 114 valence electrons. The molecule has 7 nitrogen and oxygen atoms in total. The van der Waals surface area contributed by atoms with Crippen LogP contribution in [0.5, 0.6) is 0 Å². The predicted molar refractivity (Wildman–Crippen MR) is 78.0 cm³/mol. The summed E-state index contributed by atoms with van der Waals surface area (Å²) in [6.45, 7) is 1.61. The number of hydrogen-bond donors (Lipinski definition) is 1. The molecule has 1 fully saturated rings. The smallest absolute Gasteiger partial charge is 0.292 e. The number of hydrogen-bond acceptors (Lipinski definition) is 5. The third-order valence-electron chi connectivity index (χ3n) is 3.48. The molecule has 0 heterocycles. The molecule has 1 amide bonds. The van der Waals surface area contributed by atoms with Crippen LogP contribution in [0.15, 0.2) is 18.2 Å². The summed E-state index contributed by atoms with van der Waals surface area (Å²) >= 11 is 0. The minimum Gasteiger partial charge on any atom is -0.393 e. The van der Waals surface area contributed by atoms with E-state index in [1.807, 2.05) is 0 Å². The molecule has 1 aliphatic rings. The second kappa shape index (κ2) is 6.53. The first kappa shape index (κ1) is 15.2. The van der Waals surface area contributed by atoms with E-state index in [2.05, 4.69) is 0 Å². The second-order valence-corrected chi connectivity index (χ2v) is 5.24. The van der Waals surface area contributed by atoms with E-state index in [4.69, 9.17) is 10.5 Å². The highest BCUT2D eigenvalue weighted by Gasteiger charge is 2.22. The lowest BCUT2D eigenvalue weighted by Gasteiger charge is -2.18. The number of benzene rings is 1. The molecule has 2 N–H and O–H groups in total. The summed E-state index contributed by atoms with van der Waals surface area (Å²) in [5.41, 5.74) is 5.50. The van der Waals surface area contributed by atoms with Gasteiger partial charge in [-0.05, 0) is 24.8 Å². The Morgan fingerprint density at radius 2 is 2.24 bits per heavy atom. The first-order valence-corrected chi connectivity index (χ1v) is 6.86. The van der Waals surface area contributed by atoms with E-state index in [9.17, 15) is 14.9 Å². The van der Waals surface area contributed by atoms with Gasteiger partial charge in [-0.2, -0.15) is 0 Å². The lowest BCUT2D eigenvalue weighted by molar-refractivity contribution is -0.383. The Hall–Kier alpha value is -2.15. The van der Waals surface area contributed by atoms with E-state index in [0.717, 1.165) is 6.61 Å². The van der Waals surface area contributed by atoms with Crippen LogP contribution in [-0.4, -0.2) is 42.5 Å². The third-order valence-corrected chi connectivity index (χ3v) is 3.48. The quantitative estimate of drug-likeness (QED) is 0.357. The minimum atomic E-state index is -0.592. The number of para-hydroxylation sites is 1. The van der Waals surface area contributed by atoms with Crippen LogP contribution in [0.4, 0.5) is 11.4 Å². The zero-order valence-corrected chi connectivity index (χ0v) is 11.9. The Bertz CT molecular complexity index is 543. The van der Waals surface area contributed by atoms with Crippen molar-refractivity contribution in [3.05, 3.63) is 33.9 Å². The number of amides is 1.